The molecule has 0 radical (unpaired) electrons. The molecule has 3 aromatic rings. The number of hydrogen-bond acceptors (Lipinski definition) is 4. The van der Waals surface area contributed by atoms with E-state index < -0.39 is 6.61 Å². The fourth-order valence-corrected chi connectivity index (χ4v) is 3.78. The Hall–Kier alpha value is -3.62. The second-order valence-electron chi connectivity index (χ2n) is 7.46. The number of hydrogen-bond donors (Lipinski definition) is 3. The SMILES string of the molecule is CN=C(NCc1ncc(-c2ccccc2)[nH]1)NC1CCN(c2ccccc2OC(F)F)C1. The molecule has 1 fully saturated rings. The number of imidazole rings is 1. The second kappa shape index (κ2) is 10.1. The van der Waals surface area contributed by atoms with E-state index in [2.05, 4.69) is 30.3 Å². The van der Waals surface area contributed by atoms with Gasteiger partial charge in [-0.1, -0.05) is 42.5 Å². The van der Waals surface area contributed by atoms with Crippen LogP contribution in [0.3, 0.4) is 0 Å². The Labute approximate surface area is 185 Å². The van der Waals surface area contributed by atoms with Crippen molar-refractivity contribution in [2.24, 2.45) is 4.99 Å². The number of nitrogens with zero attached hydrogens (tertiary/aromatic N) is 3. The van der Waals surface area contributed by atoms with Gasteiger partial charge in [-0.25, -0.2) is 4.98 Å². The van der Waals surface area contributed by atoms with E-state index in [9.17, 15) is 8.78 Å². The van der Waals surface area contributed by atoms with Gasteiger partial charge in [0.25, 0.3) is 0 Å². The van der Waals surface area contributed by atoms with Crippen LogP contribution in [-0.4, -0.2) is 48.7 Å². The van der Waals surface area contributed by atoms with Crippen LogP contribution in [0.25, 0.3) is 11.3 Å². The highest BCUT2D eigenvalue weighted by atomic mass is 19.3. The quantitative estimate of drug-likeness (QED) is 0.386. The molecule has 32 heavy (non-hydrogen) atoms. The van der Waals surface area contributed by atoms with E-state index in [0.717, 1.165) is 30.0 Å². The van der Waals surface area contributed by atoms with Crippen LogP contribution in [0.5, 0.6) is 5.75 Å². The van der Waals surface area contributed by atoms with Gasteiger partial charge in [0.05, 0.1) is 24.1 Å². The largest absolute Gasteiger partial charge is 0.433 e. The topological polar surface area (TPSA) is 77.6 Å². The van der Waals surface area contributed by atoms with Crippen LogP contribution in [0, 0.1) is 0 Å². The highest BCUT2D eigenvalue weighted by Gasteiger charge is 2.26. The molecule has 2 heterocycles. The summed E-state index contributed by atoms with van der Waals surface area (Å²) in [4.78, 5) is 14.1. The zero-order valence-corrected chi connectivity index (χ0v) is 17.8. The Bertz CT molecular complexity index is 1040. The van der Waals surface area contributed by atoms with Gasteiger partial charge in [0.15, 0.2) is 5.96 Å². The van der Waals surface area contributed by atoms with Gasteiger partial charge in [0, 0.05) is 26.2 Å². The number of benzene rings is 2. The molecule has 168 valence electrons. The van der Waals surface area contributed by atoms with Crippen molar-refractivity contribution in [3.05, 3.63) is 66.6 Å². The number of anilines is 1. The van der Waals surface area contributed by atoms with Gasteiger partial charge in [-0.2, -0.15) is 8.78 Å². The molecule has 1 saturated heterocycles. The molecule has 3 N–H and O–H groups in total. The van der Waals surface area contributed by atoms with E-state index in [0.29, 0.717) is 24.7 Å². The minimum absolute atomic E-state index is 0.122. The lowest BCUT2D eigenvalue weighted by molar-refractivity contribution is -0.0495. The Morgan fingerprint density at radius 3 is 2.78 bits per heavy atom. The van der Waals surface area contributed by atoms with Crippen LogP contribution in [-0.2, 0) is 6.54 Å². The van der Waals surface area contributed by atoms with E-state index in [1.807, 2.05) is 47.5 Å². The van der Waals surface area contributed by atoms with Crippen molar-refractivity contribution in [3.8, 4) is 17.0 Å². The number of rotatable bonds is 7. The summed E-state index contributed by atoms with van der Waals surface area (Å²) in [6, 6.07) is 17.0. The van der Waals surface area contributed by atoms with Crippen molar-refractivity contribution in [2.45, 2.75) is 25.6 Å². The number of alkyl halides is 2. The van der Waals surface area contributed by atoms with Crippen LogP contribution < -0.4 is 20.3 Å². The van der Waals surface area contributed by atoms with Crippen molar-refractivity contribution in [1.29, 1.82) is 0 Å². The fourth-order valence-electron chi connectivity index (χ4n) is 3.78. The Balaban J connectivity index is 1.31. The van der Waals surface area contributed by atoms with Crippen LogP contribution in [0.1, 0.15) is 12.2 Å². The first-order chi connectivity index (χ1) is 15.6. The van der Waals surface area contributed by atoms with Crippen molar-refractivity contribution < 1.29 is 13.5 Å². The minimum atomic E-state index is -2.85. The van der Waals surface area contributed by atoms with E-state index in [1.54, 1.807) is 25.2 Å². The number of aliphatic imine (C=N–C) groups is 1. The van der Waals surface area contributed by atoms with Crippen LogP contribution >= 0.6 is 0 Å². The van der Waals surface area contributed by atoms with Gasteiger partial charge in [-0.3, -0.25) is 4.99 Å². The predicted octanol–water partition coefficient (Wildman–Crippen LogP) is 3.62. The molecular weight excluding hydrogens is 414 g/mol. The minimum Gasteiger partial charge on any atom is -0.433 e. The lowest BCUT2D eigenvalue weighted by Gasteiger charge is -2.22. The molecule has 0 aliphatic carbocycles. The molecule has 0 saturated carbocycles. The number of halogens is 2. The molecule has 1 aliphatic heterocycles. The summed E-state index contributed by atoms with van der Waals surface area (Å²) in [6.45, 7) is -0.964. The Kier molecular flexibility index (Phi) is 6.84. The van der Waals surface area contributed by atoms with Gasteiger partial charge in [0.1, 0.15) is 11.6 Å². The van der Waals surface area contributed by atoms with Crippen molar-refractivity contribution >= 4 is 11.6 Å². The fraction of sp³-hybridized carbons (Fsp3) is 0.304. The molecule has 4 rings (SSSR count). The third-order valence-corrected chi connectivity index (χ3v) is 5.31. The molecule has 0 amide bonds. The summed E-state index contributed by atoms with van der Waals surface area (Å²) >= 11 is 0. The predicted molar refractivity (Wildman–Crippen MR) is 121 cm³/mol. The zero-order chi connectivity index (χ0) is 22.3. The van der Waals surface area contributed by atoms with E-state index in [1.165, 1.54) is 0 Å². The van der Waals surface area contributed by atoms with Gasteiger partial charge in [-0.05, 0) is 24.1 Å². The molecule has 0 spiro atoms. The van der Waals surface area contributed by atoms with Crippen LogP contribution in [0.15, 0.2) is 65.8 Å². The standard InChI is InChI=1S/C23H26F2N6O/c1-26-23(28-14-21-27-13-18(30-21)16-7-3-2-4-8-16)29-17-11-12-31(15-17)19-9-5-6-10-20(19)32-22(24)25/h2-10,13,17,22H,11-12,14-15H2,1H3,(H,27,30)(H2,26,28,29). The maximum atomic E-state index is 12.7. The number of para-hydroxylation sites is 2. The third kappa shape index (κ3) is 5.35. The number of H-pyrrole nitrogens is 1. The summed E-state index contributed by atoms with van der Waals surface area (Å²) in [7, 11) is 1.71. The first-order valence-corrected chi connectivity index (χ1v) is 10.5. The van der Waals surface area contributed by atoms with Gasteiger partial charge >= 0.3 is 6.61 Å². The summed E-state index contributed by atoms with van der Waals surface area (Å²) < 4.78 is 30.1. The first-order valence-electron chi connectivity index (χ1n) is 10.5. The second-order valence-corrected chi connectivity index (χ2v) is 7.46. The molecular formula is C23H26F2N6O. The van der Waals surface area contributed by atoms with Crippen LogP contribution in [0.2, 0.25) is 0 Å². The van der Waals surface area contributed by atoms with Gasteiger partial charge in [0.2, 0.25) is 0 Å². The summed E-state index contributed by atoms with van der Waals surface area (Å²) in [5.41, 5.74) is 2.71. The smallest absolute Gasteiger partial charge is 0.387 e. The lowest BCUT2D eigenvalue weighted by Crippen LogP contribution is -2.44. The molecule has 1 unspecified atom stereocenters. The maximum Gasteiger partial charge on any atom is 0.387 e. The average Bonchev–Trinajstić information content (AvgIpc) is 3.47. The molecule has 7 nitrogen and oxygen atoms in total. The molecule has 1 aromatic heterocycles. The molecule has 2 aromatic carbocycles. The molecule has 1 atom stereocenters. The van der Waals surface area contributed by atoms with E-state index in [-0.39, 0.29) is 11.8 Å². The number of aromatic nitrogens is 2. The van der Waals surface area contributed by atoms with Crippen molar-refractivity contribution in [1.82, 2.24) is 20.6 Å². The molecule has 0 bridgehead atoms. The van der Waals surface area contributed by atoms with Gasteiger partial charge < -0.3 is 25.3 Å². The highest BCUT2D eigenvalue weighted by Crippen LogP contribution is 2.31. The molecule has 9 heteroatoms. The normalized spacial score (nSPS) is 16.4. The zero-order valence-electron chi connectivity index (χ0n) is 17.8. The van der Waals surface area contributed by atoms with Crippen molar-refractivity contribution in [3.63, 3.8) is 0 Å². The Morgan fingerprint density at radius 2 is 2.00 bits per heavy atom. The number of aromatic amines is 1. The summed E-state index contributed by atoms with van der Waals surface area (Å²) in [6.07, 6.45) is 2.67. The maximum absolute atomic E-state index is 12.7. The molecule has 1 aliphatic rings. The van der Waals surface area contributed by atoms with Gasteiger partial charge in [-0.15, -0.1) is 0 Å². The lowest BCUT2D eigenvalue weighted by atomic mass is 10.2. The average molecular weight is 440 g/mol. The Morgan fingerprint density at radius 1 is 1.22 bits per heavy atom. The monoisotopic (exact) mass is 440 g/mol. The summed E-state index contributed by atoms with van der Waals surface area (Å²) in [5, 5.41) is 6.67. The third-order valence-electron chi connectivity index (χ3n) is 5.31. The number of nitrogens with one attached hydrogen (secondary N) is 3. The van der Waals surface area contributed by atoms with Crippen molar-refractivity contribution in [2.75, 3.05) is 25.0 Å². The summed E-state index contributed by atoms with van der Waals surface area (Å²) in [5.74, 6) is 1.65. The van der Waals surface area contributed by atoms with E-state index >= 15 is 0 Å². The number of guanidine groups is 1. The van der Waals surface area contributed by atoms with E-state index in [4.69, 9.17) is 0 Å². The highest BCUT2D eigenvalue weighted by molar-refractivity contribution is 5.80. The first kappa shape index (κ1) is 21.6. The number of ether oxygens (including phenoxy) is 1. The van der Waals surface area contributed by atoms with Crippen LogP contribution in [0.4, 0.5) is 14.5 Å².